The Labute approximate surface area is 67.4 Å². The Morgan fingerprint density at radius 1 is 1.83 bits per heavy atom. The number of hydrogen-bond acceptors (Lipinski definition) is 5. The lowest BCUT2D eigenvalue weighted by Crippen LogP contribution is -1.98. The smallest absolute Gasteiger partial charge is 0.390 e. The molecule has 0 aliphatic rings. The molecule has 0 amide bonds. The fourth-order valence-electron chi connectivity index (χ4n) is 0.641. The third-order valence-corrected chi connectivity index (χ3v) is 1.14. The van der Waals surface area contributed by atoms with Gasteiger partial charge in [-0.25, -0.2) is 0 Å². The van der Waals surface area contributed by atoms with E-state index in [0.29, 0.717) is 6.54 Å². The van der Waals surface area contributed by atoms with Gasteiger partial charge in [-0.2, -0.15) is 9.94 Å². The summed E-state index contributed by atoms with van der Waals surface area (Å²) < 4.78 is 1.27. The molecule has 0 atom stereocenters. The van der Waals surface area contributed by atoms with Crippen molar-refractivity contribution in [2.24, 2.45) is 0 Å². The van der Waals surface area contributed by atoms with Crippen molar-refractivity contribution < 1.29 is 4.92 Å². The molecule has 0 N–H and O–H groups in total. The maximum absolute atomic E-state index is 10.1. The van der Waals surface area contributed by atoms with E-state index in [1.807, 2.05) is 6.07 Å². The molecule has 0 spiro atoms. The maximum Gasteiger partial charge on any atom is 0.490 e. The molecule has 0 radical (unpaired) electrons. The van der Waals surface area contributed by atoms with Crippen LogP contribution in [0.3, 0.4) is 0 Å². The predicted octanol–water partition coefficient (Wildman–Crippen LogP) is 0.1000. The van der Waals surface area contributed by atoms with E-state index in [2.05, 4.69) is 10.1 Å². The van der Waals surface area contributed by atoms with Crippen molar-refractivity contribution in [1.82, 2.24) is 14.8 Å². The number of nitro groups is 1. The first-order valence-corrected chi connectivity index (χ1v) is 3.15. The van der Waals surface area contributed by atoms with Crippen LogP contribution in [0, 0.1) is 21.4 Å². The number of hydrogen-bond donors (Lipinski definition) is 0. The topological polar surface area (TPSA) is 97.6 Å². The van der Waals surface area contributed by atoms with Gasteiger partial charge < -0.3 is 10.1 Å². The van der Waals surface area contributed by atoms with Gasteiger partial charge in [-0.1, -0.05) is 4.98 Å². The third kappa shape index (κ3) is 1.76. The van der Waals surface area contributed by atoms with E-state index in [-0.39, 0.29) is 6.42 Å². The fraction of sp³-hybridized carbons (Fsp3) is 0.400. The molecular formula is C5H5N5O2. The van der Waals surface area contributed by atoms with E-state index in [1.54, 1.807) is 0 Å². The summed E-state index contributed by atoms with van der Waals surface area (Å²) in [6, 6.07) is 1.90. The van der Waals surface area contributed by atoms with Gasteiger partial charge in [0.05, 0.1) is 19.0 Å². The van der Waals surface area contributed by atoms with Crippen LogP contribution in [-0.2, 0) is 6.54 Å². The van der Waals surface area contributed by atoms with Gasteiger partial charge in [0, 0.05) is 5.10 Å². The van der Waals surface area contributed by atoms with Gasteiger partial charge in [-0.15, -0.1) is 0 Å². The molecule has 7 nitrogen and oxygen atoms in total. The van der Waals surface area contributed by atoms with Crippen LogP contribution in [0.1, 0.15) is 6.42 Å². The minimum absolute atomic E-state index is 0.264. The van der Waals surface area contributed by atoms with Crippen LogP contribution in [0.15, 0.2) is 6.33 Å². The first-order chi connectivity index (χ1) is 5.74. The number of aromatic nitrogens is 3. The summed E-state index contributed by atoms with van der Waals surface area (Å²) in [5.74, 6) is -0.437. The molecule has 0 aromatic carbocycles. The Kier molecular flexibility index (Phi) is 2.32. The van der Waals surface area contributed by atoms with Crippen molar-refractivity contribution in [2.45, 2.75) is 13.0 Å². The molecule has 1 rings (SSSR count). The lowest BCUT2D eigenvalue weighted by Gasteiger charge is -1.86. The average molecular weight is 167 g/mol. The normalized spacial score (nSPS) is 9.25. The predicted molar refractivity (Wildman–Crippen MR) is 36.9 cm³/mol. The molecule has 0 bridgehead atoms. The van der Waals surface area contributed by atoms with Crippen molar-refractivity contribution in [2.75, 3.05) is 0 Å². The molecule has 1 heterocycles. The van der Waals surface area contributed by atoms with Gasteiger partial charge >= 0.3 is 5.95 Å². The Morgan fingerprint density at radius 3 is 3.08 bits per heavy atom. The number of nitrogens with zero attached hydrogens (tertiary/aromatic N) is 5. The Morgan fingerprint density at radius 2 is 2.58 bits per heavy atom. The van der Waals surface area contributed by atoms with E-state index in [1.165, 1.54) is 11.0 Å². The van der Waals surface area contributed by atoms with Crippen LogP contribution in [0.2, 0.25) is 0 Å². The van der Waals surface area contributed by atoms with E-state index in [4.69, 9.17) is 5.26 Å². The zero-order chi connectivity index (χ0) is 8.97. The lowest BCUT2D eigenvalue weighted by molar-refractivity contribution is -0.394. The maximum atomic E-state index is 10.1. The van der Waals surface area contributed by atoms with E-state index >= 15 is 0 Å². The Balaban J connectivity index is 2.66. The summed E-state index contributed by atoms with van der Waals surface area (Å²) in [4.78, 5) is 12.8. The summed E-state index contributed by atoms with van der Waals surface area (Å²) in [5.41, 5.74) is 0. The fourth-order valence-corrected chi connectivity index (χ4v) is 0.641. The van der Waals surface area contributed by atoms with Gasteiger partial charge in [0.25, 0.3) is 0 Å². The molecule has 1 aromatic heterocycles. The molecule has 0 saturated carbocycles. The second kappa shape index (κ2) is 3.43. The second-order valence-corrected chi connectivity index (χ2v) is 1.97. The van der Waals surface area contributed by atoms with Crippen LogP contribution in [0.5, 0.6) is 0 Å². The zero-order valence-electron chi connectivity index (χ0n) is 6.04. The van der Waals surface area contributed by atoms with Crippen LogP contribution < -0.4 is 0 Å². The van der Waals surface area contributed by atoms with Crippen LogP contribution in [-0.4, -0.2) is 19.7 Å². The van der Waals surface area contributed by atoms with Crippen molar-refractivity contribution >= 4 is 5.95 Å². The molecule has 0 unspecified atom stereocenters. The standard InChI is InChI=1S/C5H5N5O2/c6-2-1-3-9-4-7-5(8-9)10(11)12/h4H,1,3H2. The molecule has 1 aromatic rings. The van der Waals surface area contributed by atoms with Gasteiger partial charge in [0.2, 0.25) is 6.33 Å². The van der Waals surface area contributed by atoms with Crippen molar-refractivity contribution in [1.29, 1.82) is 5.26 Å². The second-order valence-electron chi connectivity index (χ2n) is 1.97. The van der Waals surface area contributed by atoms with Crippen LogP contribution in [0.25, 0.3) is 0 Å². The summed E-state index contributed by atoms with van der Waals surface area (Å²) in [5, 5.41) is 21.8. The molecule has 7 heteroatoms. The summed E-state index contributed by atoms with van der Waals surface area (Å²) in [7, 11) is 0. The largest absolute Gasteiger partial charge is 0.490 e. The summed E-state index contributed by atoms with van der Waals surface area (Å²) >= 11 is 0. The monoisotopic (exact) mass is 167 g/mol. The van der Waals surface area contributed by atoms with Gasteiger partial charge in [0.1, 0.15) is 0 Å². The molecule has 0 aliphatic carbocycles. The van der Waals surface area contributed by atoms with E-state index < -0.39 is 10.9 Å². The SMILES string of the molecule is N#CCCn1cnc([N+](=O)[O-])n1. The van der Waals surface area contributed by atoms with Crippen LogP contribution in [0.4, 0.5) is 5.95 Å². The highest BCUT2D eigenvalue weighted by Crippen LogP contribution is 1.99. The van der Waals surface area contributed by atoms with Crippen molar-refractivity contribution in [3.05, 3.63) is 16.4 Å². The highest BCUT2D eigenvalue weighted by molar-refractivity contribution is 4.96. The Hall–Kier alpha value is -1.97. The molecule has 0 fully saturated rings. The number of nitriles is 1. The van der Waals surface area contributed by atoms with E-state index in [0.717, 1.165) is 0 Å². The highest BCUT2D eigenvalue weighted by Gasteiger charge is 2.11. The Bertz CT molecular complexity index is 325. The third-order valence-electron chi connectivity index (χ3n) is 1.14. The average Bonchev–Trinajstić information content (AvgIpc) is 2.48. The number of rotatable bonds is 3. The first kappa shape index (κ1) is 8.13. The summed E-state index contributed by atoms with van der Waals surface area (Å²) in [6.07, 6.45) is 1.50. The van der Waals surface area contributed by atoms with Gasteiger partial charge in [-0.05, 0) is 4.92 Å². The summed E-state index contributed by atoms with van der Waals surface area (Å²) in [6.45, 7) is 0.331. The quantitative estimate of drug-likeness (QED) is 0.469. The van der Waals surface area contributed by atoms with Crippen molar-refractivity contribution in [3.63, 3.8) is 0 Å². The zero-order valence-corrected chi connectivity index (χ0v) is 6.04. The van der Waals surface area contributed by atoms with Crippen molar-refractivity contribution in [3.8, 4) is 6.07 Å². The lowest BCUT2D eigenvalue weighted by atomic mass is 10.5. The molecule has 0 saturated heterocycles. The molecule has 0 aliphatic heterocycles. The van der Waals surface area contributed by atoms with Crippen LogP contribution >= 0.6 is 0 Å². The van der Waals surface area contributed by atoms with Gasteiger partial charge in [0.15, 0.2) is 0 Å². The minimum atomic E-state index is -0.678. The highest BCUT2D eigenvalue weighted by atomic mass is 16.6. The van der Waals surface area contributed by atoms with E-state index in [9.17, 15) is 10.1 Å². The minimum Gasteiger partial charge on any atom is -0.390 e. The molecule has 12 heavy (non-hydrogen) atoms. The molecular weight excluding hydrogens is 162 g/mol. The van der Waals surface area contributed by atoms with Gasteiger partial charge in [-0.3, -0.25) is 0 Å². The first-order valence-electron chi connectivity index (χ1n) is 3.15. The number of aryl methyl sites for hydroxylation is 1. The molecule has 62 valence electrons.